The molecule has 0 saturated carbocycles. The number of hydrogen-bond donors (Lipinski definition) is 1. The van der Waals surface area contributed by atoms with Crippen LogP contribution in [0.1, 0.15) is 12.0 Å². The van der Waals surface area contributed by atoms with Gasteiger partial charge in [-0.2, -0.15) is 0 Å². The van der Waals surface area contributed by atoms with E-state index in [2.05, 4.69) is 5.32 Å². The summed E-state index contributed by atoms with van der Waals surface area (Å²) >= 11 is 0. The maximum Gasteiger partial charge on any atom is 0.311 e. The first-order valence-corrected chi connectivity index (χ1v) is 9.02. The molecule has 9 nitrogen and oxygen atoms in total. The summed E-state index contributed by atoms with van der Waals surface area (Å²) in [6, 6.07) is 9.95. The van der Waals surface area contributed by atoms with Gasteiger partial charge < -0.3 is 15.0 Å². The Labute approximate surface area is 170 Å². The first-order chi connectivity index (χ1) is 14.2. The van der Waals surface area contributed by atoms with Crippen LogP contribution in [0.2, 0.25) is 0 Å². The van der Waals surface area contributed by atoms with Crippen LogP contribution >= 0.6 is 0 Å². The fraction of sp³-hybridized carbons (Fsp3) is 0.250. The highest BCUT2D eigenvalue weighted by Gasteiger charge is 2.36. The lowest BCUT2D eigenvalue weighted by Gasteiger charge is -2.16. The molecule has 1 aliphatic heterocycles. The Balaban J connectivity index is 1.56. The molecule has 30 heavy (non-hydrogen) atoms. The number of nitro groups is 1. The molecule has 1 heterocycles. The number of nitrogens with zero attached hydrogens (tertiary/aromatic N) is 2. The fourth-order valence-electron chi connectivity index (χ4n) is 3.04. The van der Waals surface area contributed by atoms with Crippen molar-refractivity contribution < 1.29 is 28.4 Å². The summed E-state index contributed by atoms with van der Waals surface area (Å²) < 4.78 is 18.1. The van der Waals surface area contributed by atoms with Gasteiger partial charge in [-0.15, -0.1) is 0 Å². The molecule has 2 amide bonds. The van der Waals surface area contributed by atoms with Crippen LogP contribution in [-0.2, 0) is 19.1 Å². The number of esters is 1. The summed E-state index contributed by atoms with van der Waals surface area (Å²) in [4.78, 5) is 48.1. The van der Waals surface area contributed by atoms with E-state index in [4.69, 9.17) is 4.74 Å². The normalized spacial score (nSPS) is 15.7. The van der Waals surface area contributed by atoms with Gasteiger partial charge in [0.25, 0.3) is 11.6 Å². The molecule has 0 spiro atoms. The van der Waals surface area contributed by atoms with Gasteiger partial charge in [-0.1, -0.05) is 17.7 Å². The lowest BCUT2D eigenvalue weighted by atomic mass is 10.1. The molecule has 1 atom stereocenters. The van der Waals surface area contributed by atoms with Crippen LogP contribution < -0.4 is 10.2 Å². The Morgan fingerprint density at radius 1 is 1.27 bits per heavy atom. The van der Waals surface area contributed by atoms with Crippen molar-refractivity contribution >= 4 is 34.8 Å². The highest BCUT2D eigenvalue weighted by atomic mass is 19.1. The van der Waals surface area contributed by atoms with E-state index in [0.29, 0.717) is 11.8 Å². The Kier molecular flexibility index (Phi) is 6.05. The number of halogens is 1. The molecule has 1 saturated heterocycles. The van der Waals surface area contributed by atoms with Crippen molar-refractivity contribution in [2.75, 3.05) is 23.4 Å². The molecule has 1 aliphatic rings. The second-order valence-corrected chi connectivity index (χ2v) is 6.82. The Bertz CT molecular complexity index is 1010. The minimum absolute atomic E-state index is 0.0439. The van der Waals surface area contributed by atoms with E-state index in [1.54, 1.807) is 12.1 Å². The second kappa shape index (κ2) is 8.68. The molecule has 1 N–H and O–H groups in total. The smallest absolute Gasteiger partial charge is 0.311 e. The number of ether oxygens (including phenoxy) is 1. The summed E-state index contributed by atoms with van der Waals surface area (Å²) in [7, 11) is 0. The van der Waals surface area contributed by atoms with Gasteiger partial charge in [0.15, 0.2) is 6.61 Å². The number of carbonyl (C=O) groups excluding carboxylic acids is 3. The van der Waals surface area contributed by atoms with Gasteiger partial charge in [-0.05, 0) is 31.2 Å². The number of rotatable bonds is 6. The van der Waals surface area contributed by atoms with Crippen molar-refractivity contribution in [3.8, 4) is 0 Å². The van der Waals surface area contributed by atoms with Crippen molar-refractivity contribution in [1.82, 2.24) is 0 Å². The molecule has 0 aromatic heterocycles. The zero-order chi connectivity index (χ0) is 21.8. The quantitative estimate of drug-likeness (QED) is 0.440. The Morgan fingerprint density at radius 3 is 2.63 bits per heavy atom. The van der Waals surface area contributed by atoms with Crippen LogP contribution in [-0.4, -0.2) is 35.9 Å². The minimum atomic E-state index is -0.839. The average molecular weight is 415 g/mol. The lowest BCUT2D eigenvalue weighted by molar-refractivity contribution is -0.384. The van der Waals surface area contributed by atoms with Gasteiger partial charge in [0.1, 0.15) is 11.5 Å². The third-order valence-electron chi connectivity index (χ3n) is 4.58. The first-order valence-electron chi connectivity index (χ1n) is 9.02. The monoisotopic (exact) mass is 415 g/mol. The highest BCUT2D eigenvalue weighted by Crippen LogP contribution is 2.27. The Hall–Kier alpha value is -3.82. The molecule has 0 bridgehead atoms. The highest BCUT2D eigenvalue weighted by molar-refractivity contribution is 6.00. The zero-order valence-corrected chi connectivity index (χ0v) is 16.0. The van der Waals surface area contributed by atoms with Gasteiger partial charge in [-0.25, -0.2) is 4.39 Å². The van der Waals surface area contributed by atoms with E-state index in [9.17, 15) is 28.9 Å². The Morgan fingerprint density at radius 2 is 1.97 bits per heavy atom. The van der Waals surface area contributed by atoms with Gasteiger partial charge in [0, 0.05) is 18.7 Å². The number of aryl methyl sites for hydroxylation is 1. The van der Waals surface area contributed by atoms with Crippen LogP contribution in [0.25, 0.3) is 0 Å². The van der Waals surface area contributed by atoms with Crippen LogP contribution in [0.15, 0.2) is 42.5 Å². The van der Waals surface area contributed by atoms with E-state index < -0.39 is 40.8 Å². The van der Waals surface area contributed by atoms with E-state index in [0.717, 1.165) is 17.7 Å². The third kappa shape index (κ3) is 4.77. The number of nitrogens with one attached hydrogen (secondary N) is 1. The largest absolute Gasteiger partial charge is 0.455 e. The molecule has 1 fully saturated rings. The maximum atomic E-state index is 13.2. The van der Waals surface area contributed by atoms with Crippen LogP contribution in [0.3, 0.4) is 0 Å². The van der Waals surface area contributed by atoms with Crippen LogP contribution in [0.5, 0.6) is 0 Å². The van der Waals surface area contributed by atoms with Gasteiger partial charge in [-0.3, -0.25) is 24.5 Å². The van der Waals surface area contributed by atoms with Crippen molar-refractivity contribution in [1.29, 1.82) is 0 Å². The molecular weight excluding hydrogens is 397 g/mol. The summed E-state index contributed by atoms with van der Waals surface area (Å²) in [5, 5.41) is 13.2. The second-order valence-electron chi connectivity index (χ2n) is 6.82. The molecule has 2 aromatic rings. The van der Waals surface area contributed by atoms with E-state index in [-0.39, 0.29) is 24.6 Å². The number of benzene rings is 2. The molecule has 0 aliphatic carbocycles. The van der Waals surface area contributed by atoms with Gasteiger partial charge in [0.2, 0.25) is 5.91 Å². The molecular formula is C20H18FN3O6. The van der Waals surface area contributed by atoms with Gasteiger partial charge in [0.05, 0.1) is 16.9 Å². The standard InChI is InChI=1S/C20H18FN3O6/c1-12-2-5-15(6-3-12)23-10-13(8-19(23)26)20(27)30-11-18(25)22-16-7-4-14(21)9-17(16)24(28)29/h2-7,9,13H,8,10-11H2,1H3,(H,22,25)/t13-/m0/s1. The predicted molar refractivity (Wildman–Crippen MR) is 104 cm³/mol. The lowest BCUT2D eigenvalue weighted by Crippen LogP contribution is -2.28. The molecule has 3 rings (SSSR count). The zero-order valence-electron chi connectivity index (χ0n) is 16.0. The number of amides is 2. The van der Waals surface area contributed by atoms with Crippen molar-refractivity contribution in [2.24, 2.45) is 5.92 Å². The topological polar surface area (TPSA) is 119 Å². The van der Waals surface area contributed by atoms with Gasteiger partial charge >= 0.3 is 5.97 Å². The molecule has 156 valence electrons. The maximum absolute atomic E-state index is 13.2. The summed E-state index contributed by atoms with van der Waals surface area (Å²) in [5.74, 6) is -3.33. The number of carbonyl (C=O) groups is 3. The van der Waals surface area contributed by atoms with Crippen molar-refractivity contribution in [3.05, 3.63) is 64.0 Å². The molecule has 10 heteroatoms. The van der Waals surface area contributed by atoms with E-state index in [1.807, 2.05) is 19.1 Å². The van der Waals surface area contributed by atoms with E-state index >= 15 is 0 Å². The SMILES string of the molecule is Cc1ccc(N2C[C@@H](C(=O)OCC(=O)Nc3ccc(F)cc3[N+](=O)[O-])CC2=O)cc1. The molecule has 0 unspecified atom stereocenters. The van der Waals surface area contributed by atoms with Crippen molar-refractivity contribution in [2.45, 2.75) is 13.3 Å². The molecule has 0 radical (unpaired) electrons. The van der Waals surface area contributed by atoms with Crippen molar-refractivity contribution in [3.63, 3.8) is 0 Å². The van der Waals surface area contributed by atoms with E-state index in [1.165, 1.54) is 4.90 Å². The minimum Gasteiger partial charge on any atom is -0.455 e. The summed E-state index contributed by atoms with van der Waals surface area (Å²) in [6.45, 7) is 1.36. The fourth-order valence-corrected chi connectivity index (χ4v) is 3.04. The number of hydrogen-bond acceptors (Lipinski definition) is 6. The van der Waals surface area contributed by atoms with Crippen LogP contribution in [0.4, 0.5) is 21.5 Å². The summed E-state index contributed by atoms with van der Waals surface area (Å²) in [5.41, 5.74) is 0.866. The molecule has 2 aromatic carbocycles. The van der Waals surface area contributed by atoms with Crippen LogP contribution in [0, 0.1) is 28.8 Å². The number of nitro benzene ring substituents is 1. The number of anilines is 2. The first kappa shape index (κ1) is 20.9. The predicted octanol–water partition coefficient (Wildman–Crippen LogP) is 2.58. The third-order valence-corrected chi connectivity index (χ3v) is 4.58. The average Bonchev–Trinajstić information content (AvgIpc) is 3.09. The summed E-state index contributed by atoms with van der Waals surface area (Å²) in [6.07, 6.45) is -0.0439.